The van der Waals surface area contributed by atoms with E-state index in [9.17, 15) is 0 Å². The van der Waals surface area contributed by atoms with Crippen LogP contribution in [0, 0.1) is 0 Å². The highest BCUT2D eigenvalue weighted by Crippen LogP contribution is 2.20. The minimum Gasteiger partial charge on any atom is -0.315 e. The molecule has 0 amide bonds. The van der Waals surface area contributed by atoms with Crippen LogP contribution in [-0.4, -0.2) is 25.2 Å². The topological polar surface area (TPSA) is 24.1 Å². The third-order valence-corrected chi connectivity index (χ3v) is 2.11. The number of halogens is 1. The zero-order valence-electron chi connectivity index (χ0n) is 6.10. The molecule has 2 N–H and O–H groups in total. The van der Waals surface area contributed by atoms with E-state index in [0.717, 1.165) is 12.1 Å². The molecule has 1 aliphatic heterocycles. The maximum atomic E-state index is 3.59. The second-order valence-electron chi connectivity index (χ2n) is 3.13. The number of rotatable bonds is 2. The van der Waals surface area contributed by atoms with Crippen molar-refractivity contribution in [3.63, 3.8) is 0 Å². The van der Waals surface area contributed by atoms with E-state index in [1.54, 1.807) is 0 Å². The molecular formula is C7H15ClN2. The summed E-state index contributed by atoms with van der Waals surface area (Å²) in [6.45, 7) is 2.40. The molecule has 0 aromatic rings. The minimum atomic E-state index is 0. The van der Waals surface area contributed by atoms with Gasteiger partial charge in [-0.15, -0.1) is 12.4 Å². The Labute approximate surface area is 68.2 Å². The fourth-order valence-corrected chi connectivity index (χ4v) is 1.38. The smallest absolute Gasteiger partial charge is 0.0207 e. The summed E-state index contributed by atoms with van der Waals surface area (Å²) < 4.78 is 0. The predicted molar refractivity (Wildman–Crippen MR) is 44.7 cm³/mol. The molecule has 1 saturated heterocycles. The van der Waals surface area contributed by atoms with E-state index in [1.165, 1.54) is 32.4 Å². The molecule has 0 radical (unpaired) electrons. The van der Waals surface area contributed by atoms with Crippen LogP contribution in [0.5, 0.6) is 0 Å². The number of hydrogen-bond acceptors (Lipinski definition) is 2. The van der Waals surface area contributed by atoms with Gasteiger partial charge in [0.2, 0.25) is 0 Å². The summed E-state index contributed by atoms with van der Waals surface area (Å²) >= 11 is 0. The van der Waals surface area contributed by atoms with Gasteiger partial charge in [-0.05, 0) is 25.8 Å². The standard InChI is InChI=1S/C7H14N2.ClH/c1-2-6(1)9-7-3-4-8-5-7;/h6-9H,1-5H2;1H. The highest BCUT2D eigenvalue weighted by molar-refractivity contribution is 5.85. The molecule has 1 atom stereocenters. The molecule has 1 saturated carbocycles. The average Bonchev–Trinajstić information content (AvgIpc) is 2.46. The maximum absolute atomic E-state index is 3.59. The van der Waals surface area contributed by atoms with Gasteiger partial charge < -0.3 is 10.6 Å². The van der Waals surface area contributed by atoms with Gasteiger partial charge in [0.15, 0.2) is 0 Å². The normalized spacial score (nSPS) is 31.8. The summed E-state index contributed by atoms with van der Waals surface area (Å²) in [5.41, 5.74) is 0. The van der Waals surface area contributed by atoms with Crippen LogP contribution in [0.15, 0.2) is 0 Å². The zero-order chi connectivity index (χ0) is 6.10. The fraction of sp³-hybridized carbons (Fsp3) is 1.00. The Hall–Kier alpha value is 0.210. The summed E-state index contributed by atoms with van der Waals surface area (Å²) in [6.07, 6.45) is 4.16. The second kappa shape index (κ2) is 3.56. The first-order chi connectivity index (χ1) is 4.45. The van der Waals surface area contributed by atoms with E-state index in [-0.39, 0.29) is 12.4 Å². The van der Waals surface area contributed by atoms with Crippen LogP contribution in [-0.2, 0) is 0 Å². The maximum Gasteiger partial charge on any atom is 0.0207 e. The Bertz CT molecular complexity index is 97.8. The van der Waals surface area contributed by atoms with E-state index in [1.807, 2.05) is 0 Å². The highest BCUT2D eigenvalue weighted by atomic mass is 35.5. The van der Waals surface area contributed by atoms with Crippen molar-refractivity contribution in [1.82, 2.24) is 10.6 Å². The lowest BCUT2D eigenvalue weighted by atomic mass is 10.2. The lowest BCUT2D eigenvalue weighted by Crippen LogP contribution is -2.32. The largest absolute Gasteiger partial charge is 0.315 e. The van der Waals surface area contributed by atoms with Gasteiger partial charge in [-0.1, -0.05) is 0 Å². The molecular weight excluding hydrogens is 148 g/mol. The molecule has 2 nitrogen and oxygen atoms in total. The molecule has 0 aromatic heterocycles. The van der Waals surface area contributed by atoms with Crippen molar-refractivity contribution in [3.8, 4) is 0 Å². The van der Waals surface area contributed by atoms with Gasteiger partial charge in [0.25, 0.3) is 0 Å². The van der Waals surface area contributed by atoms with Crippen LogP contribution in [0.1, 0.15) is 19.3 Å². The first-order valence-electron chi connectivity index (χ1n) is 3.92. The van der Waals surface area contributed by atoms with E-state index < -0.39 is 0 Å². The molecule has 60 valence electrons. The molecule has 0 spiro atoms. The van der Waals surface area contributed by atoms with E-state index in [2.05, 4.69) is 10.6 Å². The first-order valence-corrected chi connectivity index (χ1v) is 3.92. The number of nitrogens with one attached hydrogen (secondary N) is 2. The molecule has 0 aromatic carbocycles. The lowest BCUT2D eigenvalue weighted by molar-refractivity contribution is 0.544. The summed E-state index contributed by atoms with van der Waals surface area (Å²) in [5, 5.41) is 6.93. The van der Waals surface area contributed by atoms with Crippen molar-refractivity contribution < 1.29 is 0 Å². The third kappa shape index (κ3) is 2.11. The van der Waals surface area contributed by atoms with Crippen LogP contribution in [0.4, 0.5) is 0 Å². The monoisotopic (exact) mass is 162 g/mol. The summed E-state index contributed by atoms with van der Waals surface area (Å²) in [4.78, 5) is 0. The van der Waals surface area contributed by atoms with Crippen molar-refractivity contribution in [3.05, 3.63) is 0 Å². The fourth-order valence-electron chi connectivity index (χ4n) is 1.38. The molecule has 1 aliphatic carbocycles. The number of hydrogen-bond donors (Lipinski definition) is 2. The molecule has 10 heavy (non-hydrogen) atoms. The SMILES string of the molecule is C1CC(NC2CC2)CN1.Cl. The van der Waals surface area contributed by atoms with Crippen LogP contribution >= 0.6 is 12.4 Å². The molecule has 1 unspecified atom stereocenters. The Kier molecular flexibility index (Phi) is 2.96. The lowest BCUT2D eigenvalue weighted by Gasteiger charge is -2.08. The molecule has 0 bridgehead atoms. The molecule has 2 aliphatic rings. The van der Waals surface area contributed by atoms with Crippen molar-refractivity contribution >= 4 is 12.4 Å². The summed E-state index contributed by atoms with van der Waals surface area (Å²) in [5.74, 6) is 0. The molecule has 1 heterocycles. The second-order valence-corrected chi connectivity index (χ2v) is 3.13. The minimum absolute atomic E-state index is 0. The Morgan fingerprint density at radius 3 is 2.40 bits per heavy atom. The van der Waals surface area contributed by atoms with Crippen LogP contribution in [0.25, 0.3) is 0 Å². The highest BCUT2D eigenvalue weighted by Gasteiger charge is 2.25. The van der Waals surface area contributed by atoms with Gasteiger partial charge in [0, 0.05) is 18.6 Å². The summed E-state index contributed by atoms with van der Waals surface area (Å²) in [6, 6.07) is 1.67. The van der Waals surface area contributed by atoms with Crippen LogP contribution in [0.3, 0.4) is 0 Å². The van der Waals surface area contributed by atoms with Crippen LogP contribution < -0.4 is 10.6 Å². The Morgan fingerprint density at radius 1 is 1.10 bits per heavy atom. The summed E-state index contributed by atoms with van der Waals surface area (Å²) in [7, 11) is 0. The van der Waals surface area contributed by atoms with Gasteiger partial charge in [0.1, 0.15) is 0 Å². The van der Waals surface area contributed by atoms with E-state index in [4.69, 9.17) is 0 Å². The molecule has 2 rings (SSSR count). The van der Waals surface area contributed by atoms with Gasteiger partial charge in [-0.25, -0.2) is 0 Å². The van der Waals surface area contributed by atoms with Crippen molar-refractivity contribution in [1.29, 1.82) is 0 Å². The van der Waals surface area contributed by atoms with Crippen molar-refractivity contribution in [2.45, 2.75) is 31.3 Å². The van der Waals surface area contributed by atoms with Crippen molar-refractivity contribution in [2.75, 3.05) is 13.1 Å². The van der Waals surface area contributed by atoms with E-state index in [0.29, 0.717) is 0 Å². The molecule has 3 heteroatoms. The third-order valence-electron chi connectivity index (χ3n) is 2.11. The quantitative estimate of drug-likeness (QED) is 0.619. The molecule has 2 fully saturated rings. The first kappa shape index (κ1) is 8.31. The Balaban J connectivity index is 0.000000500. The van der Waals surface area contributed by atoms with Gasteiger partial charge in [0.05, 0.1) is 0 Å². The Morgan fingerprint density at radius 2 is 1.90 bits per heavy atom. The van der Waals surface area contributed by atoms with Gasteiger partial charge in [-0.2, -0.15) is 0 Å². The average molecular weight is 163 g/mol. The zero-order valence-corrected chi connectivity index (χ0v) is 6.91. The van der Waals surface area contributed by atoms with E-state index >= 15 is 0 Å². The van der Waals surface area contributed by atoms with Gasteiger partial charge in [-0.3, -0.25) is 0 Å². The predicted octanol–water partition coefficient (Wildman–Crippen LogP) is 0.522. The van der Waals surface area contributed by atoms with Crippen LogP contribution in [0.2, 0.25) is 0 Å². The van der Waals surface area contributed by atoms with Crippen molar-refractivity contribution in [2.24, 2.45) is 0 Å². The van der Waals surface area contributed by atoms with Gasteiger partial charge >= 0.3 is 0 Å².